The number of ether oxygens (including phenoxy) is 2. The molecule has 0 amide bonds. The third kappa shape index (κ3) is 3.00. The topological polar surface area (TPSA) is 35.5 Å². The molecule has 0 N–H and O–H groups in total. The van der Waals surface area contributed by atoms with Gasteiger partial charge in [-0.1, -0.05) is 11.6 Å². The van der Waals surface area contributed by atoms with Gasteiger partial charge in [0, 0.05) is 11.1 Å². The van der Waals surface area contributed by atoms with Crippen molar-refractivity contribution in [3.05, 3.63) is 57.9 Å². The van der Waals surface area contributed by atoms with Gasteiger partial charge in [-0.25, -0.2) is 4.39 Å². The van der Waals surface area contributed by atoms with E-state index in [4.69, 9.17) is 21.1 Å². The second-order valence-corrected chi connectivity index (χ2v) is 4.89. The summed E-state index contributed by atoms with van der Waals surface area (Å²) in [5.74, 6) is 0.101. The highest BCUT2D eigenvalue weighted by atomic mass is 35.5. The lowest BCUT2D eigenvalue weighted by Crippen LogP contribution is -2.05. The molecular weight excluding hydrogens is 295 g/mol. The van der Waals surface area contributed by atoms with E-state index in [0.29, 0.717) is 28.2 Å². The van der Waals surface area contributed by atoms with Gasteiger partial charge in [0.05, 0.1) is 19.2 Å². The Hall–Kier alpha value is -2.07. The van der Waals surface area contributed by atoms with Crippen molar-refractivity contribution in [3.8, 4) is 11.5 Å². The summed E-state index contributed by atoms with van der Waals surface area (Å²) in [6.45, 7) is 1.68. The van der Waals surface area contributed by atoms with Gasteiger partial charge in [-0.2, -0.15) is 0 Å². The third-order valence-electron chi connectivity index (χ3n) is 3.13. The lowest BCUT2D eigenvalue weighted by molar-refractivity contribution is 0.103. The zero-order valence-electron chi connectivity index (χ0n) is 11.9. The van der Waals surface area contributed by atoms with E-state index in [1.165, 1.54) is 38.5 Å². The summed E-state index contributed by atoms with van der Waals surface area (Å²) in [7, 11) is 2.93. The molecule has 0 fully saturated rings. The van der Waals surface area contributed by atoms with Gasteiger partial charge in [0.15, 0.2) is 17.3 Å². The molecular formula is C16H14ClFO3. The van der Waals surface area contributed by atoms with Crippen molar-refractivity contribution in [2.75, 3.05) is 14.2 Å². The number of halogens is 2. The zero-order valence-corrected chi connectivity index (χ0v) is 12.6. The third-order valence-corrected chi connectivity index (χ3v) is 3.41. The molecule has 0 aliphatic heterocycles. The Labute approximate surface area is 127 Å². The number of carbonyl (C=O) groups excluding carboxylic acids is 1. The number of hydrogen-bond donors (Lipinski definition) is 0. The van der Waals surface area contributed by atoms with Crippen LogP contribution < -0.4 is 9.47 Å². The maximum absolute atomic E-state index is 13.1. The molecule has 0 heterocycles. The fourth-order valence-electron chi connectivity index (χ4n) is 2.09. The molecule has 3 nitrogen and oxygen atoms in total. The maximum Gasteiger partial charge on any atom is 0.193 e. The molecule has 0 saturated carbocycles. The van der Waals surface area contributed by atoms with E-state index >= 15 is 0 Å². The molecule has 0 aliphatic carbocycles. The molecule has 0 aliphatic rings. The van der Waals surface area contributed by atoms with E-state index in [1.54, 1.807) is 13.0 Å². The van der Waals surface area contributed by atoms with Gasteiger partial charge < -0.3 is 9.47 Å². The number of methoxy groups -OCH3 is 2. The second kappa shape index (κ2) is 6.14. The van der Waals surface area contributed by atoms with Crippen LogP contribution in [0.25, 0.3) is 0 Å². The molecule has 0 radical (unpaired) electrons. The summed E-state index contributed by atoms with van der Waals surface area (Å²) in [5.41, 5.74) is 1.33. The standard InChI is InChI=1S/C16H14ClFO3/c1-9-6-11(18)4-5-12(9)15(19)10-7-13(17)16(21-3)14(8-10)20-2/h4-8H,1-3H3. The van der Waals surface area contributed by atoms with Crippen molar-refractivity contribution in [2.24, 2.45) is 0 Å². The molecule has 0 spiro atoms. The summed E-state index contributed by atoms with van der Waals surface area (Å²) >= 11 is 6.09. The van der Waals surface area contributed by atoms with E-state index in [0.717, 1.165) is 0 Å². The van der Waals surface area contributed by atoms with Crippen molar-refractivity contribution in [2.45, 2.75) is 6.92 Å². The lowest BCUT2D eigenvalue weighted by atomic mass is 9.98. The van der Waals surface area contributed by atoms with E-state index < -0.39 is 0 Å². The highest BCUT2D eigenvalue weighted by Gasteiger charge is 2.18. The Morgan fingerprint density at radius 3 is 2.43 bits per heavy atom. The second-order valence-electron chi connectivity index (χ2n) is 4.48. The average molecular weight is 309 g/mol. The van der Waals surface area contributed by atoms with Crippen LogP contribution in [-0.2, 0) is 0 Å². The van der Waals surface area contributed by atoms with Crippen LogP contribution in [0.1, 0.15) is 21.5 Å². The summed E-state index contributed by atoms with van der Waals surface area (Å²) in [4.78, 5) is 12.5. The highest BCUT2D eigenvalue weighted by molar-refractivity contribution is 6.33. The zero-order chi connectivity index (χ0) is 15.6. The molecule has 110 valence electrons. The summed E-state index contributed by atoms with van der Waals surface area (Å²) in [5, 5.41) is 0.278. The van der Waals surface area contributed by atoms with Crippen LogP contribution in [0.5, 0.6) is 11.5 Å². The Kier molecular flexibility index (Phi) is 4.48. The van der Waals surface area contributed by atoms with E-state index in [-0.39, 0.29) is 16.6 Å². The molecule has 2 aromatic rings. The molecule has 21 heavy (non-hydrogen) atoms. The van der Waals surface area contributed by atoms with Crippen molar-refractivity contribution in [1.29, 1.82) is 0 Å². The normalized spacial score (nSPS) is 10.3. The van der Waals surface area contributed by atoms with E-state index in [9.17, 15) is 9.18 Å². The Morgan fingerprint density at radius 2 is 1.86 bits per heavy atom. The molecule has 5 heteroatoms. The predicted octanol–water partition coefficient (Wildman–Crippen LogP) is 4.04. The summed E-state index contributed by atoms with van der Waals surface area (Å²) < 4.78 is 23.4. The van der Waals surface area contributed by atoms with Crippen LogP contribution in [0, 0.1) is 12.7 Å². The molecule has 2 aromatic carbocycles. The minimum Gasteiger partial charge on any atom is -0.493 e. The van der Waals surface area contributed by atoms with Gasteiger partial charge in [-0.05, 0) is 42.8 Å². The van der Waals surface area contributed by atoms with Gasteiger partial charge in [0.25, 0.3) is 0 Å². The quantitative estimate of drug-likeness (QED) is 0.800. The van der Waals surface area contributed by atoms with Crippen LogP contribution in [-0.4, -0.2) is 20.0 Å². The van der Waals surface area contributed by atoms with Crippen LogP contribution >= 0.6 is 11.6 Å². The first-order chi connectivity index (χ1) is 9.97. The minimum absolute atomic E-state index is 0.254. The number of hydrogen-bond acceptors (Lipinski definition) is 3. The van der Waals surface area contributed by atoms with Crippen LogP contribution in [0.4, 0.5) is 4.39 Å². The Morgan fingerprint density at radius 1 is 1.14 bits per heavy atom. The Balaban J connectivity index is 2.51. The number of carbonyl (C=O) groups is 1. The fraction of sp³-hybridized carbons (Fsp3) is 0.188. The maximum atomic E-state index is 13.1. The molecule has 0 saturated heterocycles. The van der Waals surface area contributed by atoms with Crippen molar-refractivity contribution in [1.82, 2.24) is 0 Å². The molecule has 0 bridgehead atoms. The van der Waals surface area contributed by atoms with Crippen molar-refractivity contribution >= 4 is 17.4 Å². The number of rotatable bonds is 4. The van der Waals surface area contributed by atoms with Gasteiger partial charge >= 0.3 is 0 Å². The molecule has 0 atom stereocenters. The fourth-order valence-corrected chi connectivity index (χ4v) is 2.37. The first-order valence-electron chi connectivity index (χ1n) is 6.20. The number of benzene rings is 2. The molecule has 0 aromatic heterocycles. The number of ketones is 1. The van der Waals surface area contributed by atoms with Crippen molar-refractivity contribution < 1.29 is 18.7 Å². The van der Waals surface area contributed by atoms with E-state index in [1.807, 2.05) is 0 Å². The Bertz CT molecular complexity index is 698. The van der Waals surface area contributed by atoms with Gasteiger partial charge in [0.2, 0.25) is 0 Å². The largest absolute Gasteiger partial charge is 0.493 e. The van der Waals surface area contributed by atoms with E-state index in [2.05, 4.69) is 0 Å². The predicted molar refractivity (Wildman–Crippen MR) is 79.1 cm³/mol. The van der Waals surface area contributed by atoms with Crippen LogP contribution in [0.3, 0.4) is 0 Å². The SMILES string of the molecule is COc1cc(C(=O)c2ccc(F)cc2C)cc(Cl)c1OC. The first kappa shape index (κ1) is 15.3. The highest BCUT2D eigenvalue weighted by Crippen LogP contribution is 2.36. The molecule has 0 unspecified atom stereocenters. The van der Waals surface area contributed by atoms with Gasteiger partial charge in [0.1, 0.15) is 5.82 Å². The van der Waals surface area contributed by atoms with Gasteiger partial charge in [-0.15, -0.1) is 0 Å². The lowest BCUT2D eigenvalue weighted by Gasteiger charge is -2.12. The molecule has 2 rings (SSSR count). The first-order valence-corrected chi connectivity index (χ1v) is 6.58. The summed E-state index contributed by atoms with van der Waals surface area (Å²) in [6.07, 6.45) is 0. The smallest absolute Gasteiger partial charge is 0.193 e. The van der Waals surface area contributed by atoms with Gasteiger partial charge in [-0.3, -0.25) is 4.79 Å². The minimum atomic E-state index is -0.380. The monoisotopic (exact) mass is 308 g/mol. The average Bonchev–Trinajstić information content (AvgIpc) is 2.45. The number of aryl methyl sites for hydroxylation is 1. The van der Waals surface area contributed by atoms with Crippen molar-refractivity contribution in [3.63, 3.8) is 0 Å². The van der Waals surface area contributed by atoms with Crippen LogP contribution in [0.15, 0.2) is 30.3 Å². The van der Waals surface area contributed by atoms with Crippen LogP contribution in [0.2, 0.25) is 5.02 Å². The summed E-state index contributed by atoms with van der Waals surface area (Å²) in [6, 6.07) is 7.08.